The summed E-state index contributed by atoms with van der Waals surface area (Å²) in [6.07, 6.45) is 5.83. The Labute approximate surface area is 148 Å². The number of carbonyl (C=O) groups is 1. The Hall–Kier alpha value is -2.50. The van der Waals surface area contributed by atoms with Gasteiger partial charge in [0.25, 0.3) is 0 Å². The van der Waals surface area contributed by atoms with E-state index in [2.05, 4.69) is 10.4 Å². The van der Waals surface area contributed by atoms with Crippen LogP contribution in [0.3, 0.4) is 0 Å². The van der Waals surface area contributed by atoms with Crippen LogP contribution in [-0.4, -0.2) is 39.9 Å². The number of carbonyl (C=O) groups excluding carboxylic acids is 1. The van der Waals surface area contributed by atoms with Crippen molar-refractivity contribution in [3.8, 4) is 5.75 Å². The number of hydrogen-bond acceptors (Lipinski definition) is 3. The molecule has 25 heavy (non-hydrogen) atoms. The van der Waals surface area contributed by atoms with Gasteiger partial charge in [0.2, 0.25) is 0 Å². The summed E-state index contributed by atoms with van der Waals surface area (Å²) in [5, 5.41) is 7.27. The molecule has 0 saturated carbocycles. The van der Waals surface area contributed by atoms with Gasteiger partial charge in [-0.05, 0) is 44.4 Å². The zero-order valence-corrected chi connectivity index (χ0v) is 15.1. The molecule has 3 rings (SSSR count). The average molecular weight is 342 g/mol. The van der Waals surface area contributed by atoms with E-state index >= 15 is 0 Å². The first-order valence-electron chi connectivity index (χ1n) is 8.78. The van der Waals surface area contributed by atoms with Crippen LogP contribution in [0.5, 0.6) is 5.75 Å². The second-order valence-electron chi connectivity index (χ2n) is 6.78. The molecule has 0 unspecified atom stereocenters. The van der Waals surface area contributed by atoms with Gasteiger partial charge in [0.15, 0.2) is 0 Å². The highest BCUT2D eigenvalue weighted by Gasteiger charge is 2.31. The van der Waals surface area contributed by atoms with Crippen LogP contribution in [0.4, 0.5) is 4.79 Å². The molecule has 2 aromatic rings. The molecule has 2 heterocycles. The van der Waals surface area contributed by atoms with Crippen molar-refractivity contribution in [1.29, 1.82) is 0 Å². The van der Waals surface area contributed by atoms with Gasteiger partial charge in [0, 0.05) is 25.4 Å². The number of benzene rings is 1. The molecule has 2 amide bonds. The average Bonchev–Trinajstić information content (AvgIpc) is 3.21. The summed E-state index contributed by atoms with van der Waals surface area (Å²) >= 11 is 0. The van der Waals surface area contributed by atoms with Gasteiger partial charge in [0.1, 0.15) is 12.4 Å². The van der Waals surface area contributed by atoms with Crippen LogP contribution in [0.15, 0.2) is 36.7 Å². The topological polar surface area (TPSA) is 59.4 Å². The Kier molecular flexibility index (Phi) is 5.26. The van der Waals surface area contributed by atoms with E-state index < -0.39 is 0 Å². The van der Waals surface area contributed by atoms with Gasteiger partial charge in [0.05, 0.1) is 18.3 Å². The quantitative estimate of drug-likeness (QED) is 0.908. The number of aromatic nitrogens is 2. The van der Waals surface area contributed by atoms with Crippen molar-refractivity contribution >= 4 is 6.03 Å². The first-order valence-corrected chi connectivity index (χ1v) is 8.78. The fourth-order valence-electron chi connectivity index (χ4n) is 3.23. The van der Waals surface area contributed by atoms with Gasteiger partial charge in [-0.1, -0.05) is 12.1 Å². The zero-order chi connectivity index (χ0) is 17.8. The Morgan fingerprint density at radius 1 is 1.48 bits per heavy atom. The minimum atomic E-state index is -0.0665. The van der Waals surface area contributed by atoms with E-state index in [0.717, 1.165) is 36.3 Å². The molecular weight excluding hydrogens is 316 g/mol. The highest BCUT2D eigenvalue weighted by Crippen LogP contribution is 2.31. The molecule has 0 bridgehead atoms. The van der Waals surface area contributed by atoms with E-state index in [9.17, 15) is 4.79 Å². The van der Waals surface area contributed by atoms with Crippen molar-refractivity contribution < 1.29 is 9.53 Å². The molecular formula is C19H26N4O2. The van der Waals surface area contributed by atoms with E-state index in [1.54, 1.807) is 4.68 Å². The van der Waals surface area contributed by atoms with Crippen LogP contribution in [0.1, 0.15) is 36.9 Å². The maximum atomic E-state index is 12.6. The molecule has 6 heteroatoms. The second kappa shape index (κ2) is 7.59. The van der Waals surface area contributed by atoms with Crippen molar-refractivity contribution in [3.63, 3.8) is 0 Å². The van der Waals surface area contributed by atoms with Crippen LogP contribution in [0.2, 0.25) is 0 Å². The van der Waals surface area contributed by atoms with Crippen molar-refractivity contribution in [2.75, 3.05) is 13.2 Å². The number of aryl methyl sites for hydroxylation is 2. The maximum absolute atomic E-state index is 12.6. The lowest BCUT2D eigenvalue weighted by molar-refractivity contribution is 0.183. The van der Waals surface area contributed by atoms with Crippen LogP contribution in [0, 0.1) is 6.92 Å². The normalized spacial score (nSPS) is 18.2. The molecule has 0 spiro atoms. The monoisotopic (exact) mass is 342 g/mol. The number of hydrogen-bond donors (Lipinski definition) is 1. The Morgan fingerprint density at radius 3 is 3.04 bits per heavy atom. The first-order chi connectivity index (χ1) is 12.0. The molecule has 6 nitrogen and oxygen atoms in total. The van der Waals surface area contributed by atoms with Crippen molar-refractivity contribution in [2.24, 2.45) is 7.05 Å². The van der Waals surface area contributed by atoms with Crippen LogP contribution < -0.4 is 10.1 Å². The number of rotatable bonds is 5. The minimum Gasteiger partial charge on any atom is -0.491 e. The largest absolute Gasteiger partial charge is 0.491 e. The molecule has 1 fully saturated rings. The van der Waals surface area contributed by atoms with E-state index in [0.29, 0.717) is 6.61 Å². The number of ether oxygens (including phenoxy) is 1. The summed E-state index contributed by atoms with van der Waals surface area (Å²) in [6, 6.07) is 7.93. The highest BCUT2D eigenvalue weighted by molar-refractivity contribution is 5.75. The SMILES string of the molecule is Cc1cccc(OC[C@H](C)NC(=O)N2CCC[C@@H]2c2cnn(C)c2)c1. The first kappa shape index (κ1) is 17.3. The second-order valence-corrected chi connectivity index (χ2v) is 6.78. The van der Waals surface area contributed by atoms with E-state index in [-0.39, 0.29) is 18.1 Å². The maximum Gasteiger partial charge on any atom is 0.318 e. The summed E-state index contributed by atoms with van der Waals surface area (Å²) in [5.74, 6) is 0.829. The summed E-state index contributed by atoms with van der Waals surface area (Å²) in [7, 11) is 1.90. The van der Waals surface area contributed by atoms with Gasteiger partial charge < -0.3 is 15.0 Å². The highest BCUT2D eigenvalue weighted by atomic mass is 16.5. The predicted molar refractivity (Wildman–Crippen MR) is 96.6 cm³/mol. The van der Waals surface area contributed by atoms with Crippen LogP contribution in [0.25, 0.3) is 0 Å². The summed E-state index contributed by atoms with van der Waals surface area (Å²) in [6.45, 7) is 5.21. The number of likely N-dealkylation sites (tertiary alicyclic amines) is 1. The Balaban J connectivity index is 1.54. The number of urea groups is 1. The molecule has 1 aliphatic heterocycles. The van der Waals surface area contributed by atoms with Gasteiger partial charge in [-0.15, -0.1) is 0 Å². The lowest BCUT2D eigenvalue weighted by atomic mass is 10.1. The fourth-order valence-corrected chi connectivity index (χ4v) is 3.23. The molecule has 0 aliphatic carbocycles. The number of nitrogens with zero attached hydrogens (tertiary/aromatic N) is 3. The third-order valence-corrected chi connectivity index (χ3v) is 4.48. The zero-order valence-electron chi connectivity index (χ0n) is 15.1. The van der Waals surface area contributed by atoms with Gasteiger partial charge in [-0.2, -0.15) is 5.10 Å². The molecule has 1 saturated heterocycles. The summed E-state index contributed by atoms with van der Waals surface area (Å²) < 4.78 is 7.56. The number of amides is 2. The lowest BCUT2D eigenvalue weighted by Gasteiger charge is -2.26. The molecule has 2 atom stereocenters. The smallest absolute Gasteiger partial charge is 0.318 e. The van der Waals surface area contributed by atoms with Gasteiger partial charge in [-0.3, -0.25) is 4.68 Å². The molecule has 1 aromatic heterocycles. The predicted octanol–water partition coefficient (Wildman–Crippen LogP) is 3.04. The van der Waals surface area contributed by atoms with Crippen LogP contribution >= 0.6 is 0 Å². The van der Waals surface area contributed by atoms with E-state index in [1.807, 2.05) is 62.5 Å². The molecule has 1 aromatic carbocycles. The van der Waals surface area contributed by atoms with Crippen LogP contribution in [-0.2, 0) is 7.05 Å². The van der Waals surface area contributed by atoms with Gasteiger partial charge >= 0.3 is 6.03 Å². The van der Waals surface area contributed by atoms with E-state index in [1.165, 1.54) is 0 Å². The molecule has 134 valence electrons. The van der Waals surface area contributed by atoms with Crippen molar-refractivity contribution in [2.45, 2.75) is 38.8 Å². The molecule has 1 N–H and O–H groups in total. The van der Waals surface area contributed by atoms with Gasteiger partial charge in [-0.25, -0.2) is 4.79 Å². The van der Waals surface area contributed by atoms with E-state index in [4.69, 9.17) is 4.74 Å². The van der Waals surface area contributed by atoms with Crippen molar-refractivity contribution in [3.05, 3.63) is 47.8 Å². The number of nitrogens with one attached hydrogen (secondary N) is 1. The Bertz CT molecular complexity index is 728. The fraction of sp³-hybridized carbons (Fsp3) is 0.474. The third kappa shape index (κ3) is 4.32. The minimum absolute atomic E-state index is 0.0355. The third-order valence-electron chi connectivity index (χ3n) is 4.48. The standard InChI is InChI=1S/C19H26N4O2/c1-14-6-4-7-17(10-14)25-13-15(2)21-19(24)23-9-5-8-18(23)16-11-20-22(3)12-16/h4,6-7,10-12,15,18H,5,8-9,13H2,1-3H3,(H,21,24)/t15-,18+/m0/s1. The van der Waals surface area contributed by atoms with Crippen molar-refractivity contribution in [1.82, 2.24) is 20.0 Å². The molecule has 1 aliphatic rings. The Morgan fingerprint density at radius 2 is 2.32 bits per heavy atom. The summed E-state index contributed by atoms with van der Waals surface area (Å²) in [5.41, 5.74) is 2.25. The lowest BCUT2D eigenvalue weighted by Crippen LogP contribution is -2.45. The summed E-state index contributed by atoms with van der Waals surface area (Å²) in [4.78, 5) is 14.5. The molecule has 0 radical (unpaired) electrons.